The van der Waals surface area contributed by atoms with Crippen LogP contribution in [0.25, 0.3) is 11.3 Å². The van der Waals surface area contributed by atoms with Gasteiger partial charge in [-0.25, -0.2) is 4.79 Å². The number of esters is 1. The van der Waals surface area contributed by atoms with E-state index in [1.54, 1.807) is 12.1 Å². The maximum absolute atomic E-state index is 11.5. The van der Waals surface area contributed by atoms with Crippen molar-refractivity contribution < 1.29 is 9.53 Å². The maximum Gasteiger partial charge on any atom is 0.337 e. The van der Waals surface area contributed by atoms with Gasteiger partial charge < -0.3 is 4.74 Å². The van der Waals surface area contributed by atoms with Gasteiger partial charge in [-0.3, -0.25) is 9.88 Å². The number of hydrogen-bond acceptors (Lipinski definition) is 4. The van der Waals surface area contributed by atoms with Crippen LogP contribution in [0.5, 0.6) is 0 Å². The van der Waals surface area contributed by atoms with Crippen molar-refractivity contribution in [3.8, 4) is 23.2 Å². The molecule has 0 spiro atoms. The summed E-state index contributed by atoms with van der Waals surface area (Å²) in [6.45, 7) is 2.72. The lowest BCUT2D eigenvalue weighted by Gasteiger charge is -2.10. The molecule has 0 fully saturated rings. The van der Waals surface area contributed by atoms with Gasteiger partial charge in [-0.1, -0.05) is 18.1 Å². The summed E-state index contributed by atoms with van der Waals surface area (Å²) in [4.78, 5) is 18.2. The predicted molar refractivity (Wildman–Crippen MR) is 85.5 cm³/mol. The summed E-state index contributed by atoms with van der Waals surface area (Å²) in [5.41, 5.74) is 4.58. The third-order valence-corrected chi connectivity index (χ3v) is 3.66. The first-order valence-corrected chi connectivity index (χ1v) is 7.11. The quantitative estimate of drug-likeness (QED) is 0.630. The van der Waals surface area contributed by atoms with Gasteiger partial charge in [-0.2, -0.15) is 0 Å². The molecule has 0 unspecified atom stereocenters. The van der Waals surface area contributed by atoms with Gasteiger partial charge in [0, 0.05) is 24.6 Å². The van der Waals surface area contributed by atoms with Crippen LogP contribution in [0.3, 0.4) is 0 Å². The monoisotopic (exact) mass is 292 g/mol. The van der Waals surface area contributed by atoms with Crippen LogP contribution in [0.2, 0.25) is 0 Å². The Hall–Kier alpha value is -2.80. The molecule has 0 N–H and O–H groups in total. The first kappa shape index (κ1) is 14.2. The highest BCUT2D eigenvalue weighted by Crippen LogP contribution is 2.29. The summed E-state index contributed by atoms with van der Waals surface area (Å²) in [6, 6.07) is 14.4. The van der Waals surface area contributed by atoms with E-state index in [4.69, 9.17) is 9.72 Å². The summed E-state index contributed by atoms with van der Waals surface area (Å²) >= 11 is 0. The second-order valence-electron chi connectivity index (χ2n) is 4.99. The summed E-state index contributed by atoms with van der Waals surface area (Å²) < 4.78 is 4.70. The van der Waals surface area contributed by atoms with E-state index in [9.17, 15) is 4.79 Å². The lowest BCUT2D eigenvalue weighted by molar-refractivity contribution is 0.0601. The fourth-order valence-corrected chi connectivity index (χ4v) is 2.57. The molecule has 1 aliphatic heterocycles. The molecule has 4 heteroatoms. The van der Waals surface area contributed by atoms with Crippen molar-refractivity contribution in [1.82, 2.24) is 4.98 Å². The number of benzene rings is 1. The third kappa shape index (κ3) is 2.53. The van der Waals surface area contributed by atoms with E-state index in [2.05, 4.69) is 18.0 Å². The number of fused-ring (bicyclic) bond motifs is 1. The molecule has 0 aliphatic carbocycles. The van der Waals surface area contributed by atoms with Crippen molar-refractivity contribution in [3.63, 3.8) is 0 Å². The van der Waals surface area contributed by atoms with E-state index in [0.29, 0.717) is 5.56 Å². The Bertz CT molecular complexity index is 770. The van der Waals surface area contributed by atoms with Crippen molar-refractivity contribution in [2.45, 2.75) is 13.3 Å². The van der Waals surface area contributed by atoms with Crippen molar-refractivity contribution in [3.05, 3.63) is 47.7 Å². The number of anilines is 1. The van der Waals surface area contributed by atoms with Crippen LogP contribution in [0.4, 0.5) is 5.69 Å². The number of ether oxygens (including phenoxy) is 1. The molecule has 0 saturated carbocycles. The number of methoxy groups -OCH3 is 1. The topological polar surface area (TPSA) is 42.4 Å². The van der Waals surface area contributed by atoms with E-state index >= 15 is 0 Å². The van der Waals surface area contributed by atoms with Crippen molar-refractivity contribution in [2.24, 2.45) is 0 Å². The number of hydrogen-bond donors (Lipinski definition) is 0. The first-order chi connectivity index (χ1) is 10.7. The molecular formula is C18H16N2O2. The van der Waals surface area contributed by atoms with E-state index in [1.807, 2.05) is 30.0 Å². The zero-order valence-electron chi connectivity index (χ0n) is 12.6. The molecule has 22 heavy (non-hydrogen) atoms. The Morgan fingerprint density at radius 2 is 2.00 bits per heavy atom. The average molecular weight is 292 g/mol. The van der Waals surface area contributed by atoms with Crippen LogP contribution >= 0.6 is 0 Å². The normalized spacial score (nSPS) is 12.4. The van der Waals surface area contributed by atoms with Gasteiger partial charge in [0.25, 0.3) is 0 Å². The minimum Gasteiger partial charge on any atom is -0.465 e. The number of carbonyl (C=O) groups excluding carboxylic acids is 1. The van der Waals surface area contributed by atoms with Crippen molar-refractivity contribution >= 4 is 11.7 Å². The molecule has 1 aromatic heterocycles. The highest BCUT2D eigenvalue weighted by molar-refractivity contribution is 5.89. The Morgan fingerprint density at radius 3 is 2.68 bits per heavy atom. The highest BCUT2D eigenvalue weighted by atomic mass is 16.5. The molecule has 0 atom stereocenters. The predicted octanol–water partition coefficient (Wildman–Crippen LogP) is 2.88. The molecule has 3 rings (SSSR count). The second kappa shape index (κ2) is 5.90. The van der Waals surface area contributed by atoms with Crippen LogP contribution in [-0.4, -0.2) is 24.6 Å². The molecule has 4 nitrogen and oxygen atoms in total. The van der Waals surface area contributed by atoms with Gasteiger partial charge in [-0.15, -0.1) is 0 Å². The summed E-state index contributed by atoms with van der Waals surface area (Å²) in [6.07, 6.45) is 0.901. The van der Waals surface area contributed by atoms with Crippen molar-refractivity contribution in [1.29, 1.82) is 0 Å². The molecule has 2 aromatic rings. The van der Waals surface area contributed by atoms with Gasteiger partial charge in [0.2, 0.25) is 0 Å². The van der Waals surface area contributed by atoms with Crippen LogP contribution < -0.4 is 4.90 Å². The number of nitrogens with zero attached hydrogens (tertiary/aromatic N) is 2. The lowest BCUT2D eigenvalue weighted by Crippen LogP contribution is -2.12. The van der Waals surface area contributed by atoms with E-state index < -0.39 is 0 Å². The molecular weight excluding hydrogens is 276 g/mol. The summed E-state index contributed by atoms with van der Waals surface area (Å²) in [5.74, 6) is 2.59. The zero-order valence-corrected chi connectivity index (χ0v) is 12.6. The molecule has 0 saturated heterocycles. The minimum absolute atomic E-state index is 0.331. The molecule has 0 bridgehead atoms. The standard InChI is InChI=1S/C18H16N2O2/c1-3-11-20-12-10-16-17(20)9-8-15(19-16)13-4-6-14(7-5-13)18(21)22-2/h4-9H,10,12H2,1-2H3. The van der Waals surface area contributed by atoms with Crippen LogP contribution in [0.15, 0.2) is 36.4 Å². The Kier molecular flexibility index (Phi) is 3.80. The molecule has 110 valence electrons. The fourth-order valence-electron chi connectivity index (χ4n) is 2.57. The Morgan fingerprint density at radius 1 is 1.23 bits per heavy atom. The van der Waals surface area contributed by atoms with E-state index in [-0.39, 0.29) is 5.97 Å². The van der Waals surface area contributed by atoms with Gasteiger partial charge in [0.15, 0.2) is 0 Å². The molecule has 0 radical (unpaired) electrons. The van der Waals surface area contributed by atoms with Gasteiger partial charge in [0.05, 0.1) is 29.7 Å². The second-order valence-corrected chi connectivity index (χ2v) is 4.99. The maximum atomic E-state index is 11.5. The number of carbonyl (C=O) groups is 1. The number of rotatable bonds is 2. The smallest absolute Gasteiger partial charge is 0.337 e. The van der Waals surface area contributed by atoms with Gasteiger partial charge >= 0.3 is 5.97 Å². The third-order valence-electron chi connectivity index (χ3n) is 3.66. The fraction of sp³-hybridized carbons (Fsp3) is 0.222. The van der Waals surface area contributed by atoms with Gasteiger partial charge in [0.1, 0.15) is 0 Å². The average Bonchev–Trinajstić information content (AvgIpc) is 2.97. The molecule has 2 heterocycles. The first-order valence-electron chi connectivity index (χ1n) is 7.11. The molecule has 1 aromatic carbocycles. The van der Waals surface area contributed by atoms with E-state index in [0.717, 1.165) is 35.6 Å². The van der Waals surface area contributed by atoms with E-state index in [1.165, 1.54) is 7.11 Å². The number of aromatic nitrogens is 1. The minimum atomic E-state index is -0.331. The van der Waals surface area contributed by atoms with Crippen LogP contribution in [0.1, 0.15) is 23.0 Å². The van der Waals surface area contributed by atoms with Crippen LogP contribution in [-0.2, 0) is 11.2 Å². The van der Waals surface area contributed by atoms with Crippen LogP contribution in [0, 0.1) is 12.0 Å². The van der Waals surface area contributed by atoms with Crippen molar-refractivity contribution in [2.75, 3.05) is 18.6 Å². The lowest BCUT2D eigenvalue weighted by atomic mass is 10.1. The largest absolute Gasteiger partial charge is 0.465 e. The number of pyridine rings is 1. The zero-order chi connectivity index (χ0) is 15.5. The SMILES string of the molecule is CC#CN1CCc2nc(-c3ccc(C(=O)OC)cc3)ccc21. The summed E-state index contributed by atoms with van der Waals surface area (Å²) in [5, 5.41) is 0. The Balaban J connectivity index is 1.90. The Labute approximate surface area is 129 Å². The molecule has 1 aliphatic rings. The van der Waals surface area contributed by atoms with Gasteiger partial charge in [-0.05, 0) is 31.2 Å². The molecule has 0 amide bonds. The highest BCUT2D eigenvalue weighted by Gasteiger charge is 2.19. The summed E-state index contributed by atoms with van der Waals surface area (Å²) in [7, 11) is 1.38.